The van der Waals surface area contributed by atoms with Crippen molar-refractivity contribution in [2.75, 3.05) is 65.7 Å². The van der Waals surface area contributed by atoms with E-state index in [9.17, 15) is 0 Å². The molecule has 24 heavy (non-hydrogen) atoms. The minimum absolute atomic E-state index is 0.161. The molecule has 0 fully saturated rings. The topological polar surface area (TPSA) is 87.4 Å². The highest BCUT2D eigenvalue weighted by Crippen LogP contribution is 2.09. The Labute approximate surface area is 148 Å². The van der Waals surface area contributed by atoms with E-state index in [4.69, 9.17) is 20.4 Å². The van der Waals surface area contributed by atoms with Gasteiger partial charge in [-0.1, -0.05) is 38.5 Å². The second-order valence-corrected chi connectivity index (χ2v) is 6.41. The molecule has 0 atom stereocenters. The van der Waals surface area contributed by atoms with E-state index in [1.807, 2.05) is 0 Å². The number of aliphatic hydroxyl groups is 4. The molecule has 0 rings (SSSR count). The van der Waals surface area contributed by atoms with Crippen molar-refractivity contribution in [2.24, 2.45) is 0 Å². The first-order valence-electron chi connectivity index (χ1n) is 9.66. The van der Waals surface area contributed by atoms with Gasteiger partial charge in [0.2, 0.25) is 0 Å². The van der Waals surface area contributed by atoms with Gasteiger partial charge in [-0.25, -0.2) is 0 Å². The number of hydrogen-bond donors (Lipinski definition) is 4. The highest BCUT2D eigenvalue weighted by Gasteiger charge is 2.04. The molecular weight excluding hydrogens is 308 g/mol. The molecule has 0 unspecified atom stereocenters. The van der Waals surface area contributed by atoms with Crippen LogP contribution in [0.5, 0.6) is 0 Å². The number of nitrogens with zero attached hydrogens (tertiary/aromatic N) is 2. The lowest BCUT2D eigenvalue weighted by Crippen LogP contribution is -2.30. The van der Waals surface area contributed by atoms with Crippen molar-refractivity contribution in [3.63, 3.8) is 0 Å². The molecule has 0 aliphatic carbocycles. The molecule has 0 bridgehead atoms. The predicted molar refractivity (Wildman–Crippen MR) is 98.2 cm³/mol. The highest BCUT2D eigenvalue weighted by molar-refractivity contribution is 4.58. The van der Waals surface area contributed by atoms with Crippen LogP contribution in [0.25, 0.3) is 0 Å². The normalized spacial score (nSPS) is 11.8. The van der Waals surface area contributed by atoms with Crippen LogP contribution in [-0.2, 0) is 0 Å². The summed E-state index contributed by atoms with van der Waals surface area (Å²) in [4.78, 5) is 4.23. The van der Waals surface area contributed by atoms with Gasteiger partial charge in [0.25, 0.3) is 0 Å². The summed E-state index contributed by atoms with van der Waals surface area (Å²) >= 11 is 0. The Morgan fingerprint density at radius 2 is 0.583 bits per heavy atom. The van der Waals surface area contributed by atoms with Crippen molar-refractivity contribution in [3.8, 4) is 0 Å². The van der Waals surface area contributed by atoms with E-state index in [1.165, 1.54) is 38.5 Å². The monoisotopic (exact) mass is 348 g/mol. The third-order valence-corrected chi connectivity index (χ3v) is 4.36. The Hall–Kier alpha value is -0.240. The molecule has 0 amide bonds. The van der Waals surface area contributed by atoms with E-state index in [1.54, 1.807) is 0 Å². The lowest BCUT2D eigenvalue weighted by Gasteiger charge is -2.20. The summed E-state index contributed by atoms with van der Waals surface area (Å²) in [5.74, 6) is 0. The lowest BCUT2D eigenvalue weighted by atomic mass is 10.1. The van der Waals surface area contributed by atoms with Crippen LogP contribution in [0.15, 0.2) is 0 Å². The maximum atomic E-state index is 8.95. The molecule has 0 aliphatic heterocycles. The first kappa shape index (κ1) is 23.8. The third kappa shape index (κ3) is 15.3. The van der Waals surface area contributed by atoms with Crippen LogP contribution in [0, 0.1) is 0 Å². The molecule has 0 saturated heterocycles. The summed E-state index contributed by atoms with van der Waals surface area (Å²) in [6.45, 7) is 5.20. The largest absolute Gasteiger partial charge is 0.395 e. The zero-order valence-electron chi connectivity index (χ0n) is 15.4. The van der Waals surface area contributed by atoms with Gasteiger partial charge in [0.1, 0.15) is 0 Å². The first-order chi connectivity index (χ1) is 11.8. The molecule has 0 aliphatic rings. The molecule has 4 N–H and O–H groups in total. The van der Waals surface area contributed by atoms with Crippen LogP contribution in [0.2, 0.25) is 0 Å². The quantitative estimate of drug-likeness (QED) is 0.257. The number of hydrogen-bond acceptors (Lipinski definition) is 6. The fourth-order valence-electron chi connectivity index (χ4n) is 2.97. The van der Waals surface area contributed by atoms with Crippen LogP contribution in [0.4, 0.5) is 0 Å². The maximum Gasteiger partial charge on any atom is 0.0558 e. The van der Waals surface area contributed by atoms with E-state index < -0.39 is 0 Å². The van der Waals surface area contributed by atoms with Crippen LogP contribution < -0.4 is 0 Å². The minimum atomic E-state index is 0.161. The van der Waals surface area contributed by atoms with Crippen molar-refractivity contribution in [3.05, 3.63) is 0 Å². The van der Waals surface area contributed by atoms with Gasteiger partial charge < -0.3 is 20.4 Å². The van der Waals surface area contributed by atoms with Crippen LogP contribution >= 0.6 is 0 Å². The van der Waals surface area contributed by atoms with E-state index in [-0.39, 0.29) is 26.4 Å². The van der Waals surface area contributed by atoms with Gasteiger partial charge in [0.15, 0.2) is 0 Å². The number of unbranched alkanes of at least 4 members (excludes halogenated alkanes) is 7. The zero-order valence-corrected chi connectivity index (χ0v) is 15.4. The molecule has 0 spiro atoms. The summed E-state index contributed by atoms with van der Waals surface area (Å²) in [5, 5.41) is 35.8. The smallest absolute Gasteiger partial charge is 0.0558 e. The zero-order chi connectivity index (χ0) is 17.9. The third-order valence-electron chi connectivity index (χ3n) is 4.36. The van der Waals surface area contributed by atoms with Gasteiger partial charge in [-0.05, 0) is 25.9 Å². The molecule has 0 aromatic rings. The SMILES string of the molecule is OCCN(CCO)CCCCCCCCCCN(CCO)CCO. The van der Waals surface area contributed by atoms with E-state index in [0.29, 0.717) is 26.2 Å². The highest BCUT2D eigenvalue weighted by atomic mass is 16.3. The maximum absolute atomic E-state index is 8.95. The number of aliphatic hydroxyl groups excluding tert-OH is 4. The second kappa shape index (κ2) is 19.1. The fraction of sp³-hybridized carbons (Fsp3) is 1.00. The Bertz CT molecular complexity index is 209. The van der Waals surface area contributed by atoms with Gasteiger partial charge >= 0.3 is 0 Å². The summed E-state index contributed by atoms with van der Waals surface area (Å²) < 4.78 is 0. The van der Waals surface area contributed by atoms with Gasteiger partial charge in [-0.15, -0.1) is 0 Å². The predicted octanol–water partition coefficient (Wildman–Crippen LogP) is 0.680. The molecule has 0 aromatic heterocycles. The van der Waals surface area contributed by atoms with Crippen molar-refractivity contribution < 1.29 is 20.4 Å². The first-order valence-corrected chi connectivity index (χ1v) is 9.66. The van der Waals surface area contributed by atoms with E-state index in [2.05, 4.69) is 9.80 Å². The Morgan fingerprint density at radius 1 is 0.333 bits per heavy atom. The van der Waals surface area contributed by atoms with E-state index in [0.717, 1.165) is 25.9 Å². The van der Waals surface area contributed by atoms with Gasteiger partial charge in [0.05, 0.1) is 26.4 Å². The average molecular weight is 349 g/mol. The minimum Gasteiger partial charge on any atom is -0.395 e. The molecule has 6 nitrogen and oxygen atoms in total. The molecule has 0 radical (unpaired) electrons. The lowest BCUT2D eigenvalue weighted by molar-refractivity contribution is 0.158. The van der Waals surface area contributed by atoms with Crippen LogP contribution in [-0.4, -0.2) is 95.9 Å². The van der Waals surface area contributed by atoms with Gasteiger partial charge in [-0.3, -0.25) is 9.80 Å². The van der Waals surface area contributed by atoms with Gasteiger partial charge in [-0.2, -0.15) is 0 Å². The summed E-state index contributed by atoms with van der Waals surface area (Å²) in [5.41, 5.74) is 0. The Morgan fingerprint density at radius 3 is 0.833 bits per heavy atom. The average Bonchev–Trinajstić information content (AvgIpc) is 2.57. The van der Waals surface area contributed by atoms with Gasteiger partial charge in [0, 0.05) is 26.2 Å². The van der Waals surface area contributed by atoms with Crippen molar-refractivity contribution in [1.29, 1.82) is 0 Å². The number of rotatable bonds is 19. The molecule has 0 saturated carbocycles. The van der Waals surface area contributed by atoms with Crippen molar-refractivity contribution in [2.45, 2.75) is 51.4 Å². The molecule has 0 heterocycles. The van der Waals surface area contributed by atoms with Crippen LogP contribution in [0.3, 0.4) is 0 Å². The standard InChI is InChI=1S/C18H40N2O4/c21-15-11-19(12-16-22)9-7-5-3-1-2-4-6-8-10-20(13-17-23)14-18-24/h21-24H,1-18H2. The van der Waals surface area contributed by atoms with Crippen molar-refractivity contribution >= 4 is 0 Å². The molecule has 146 valence electrons. The molecule has 0 aromatic carbocycles. The molecule has 6 heteroatoms. The van der Waals surface area contributed by atoms with Crippen LogP contribution in [0.1, 0.15) is 51.4 Å². The fourth-order valence-corrected chi connectivity index (χ4v) is 2.97. The summed E-state index contributed by atoms with van der Waals surface area (Å²) in [6.07, 6.45) is 9.77. The second-order valence-electron chi connectivity index (χ2n) is 6.41. The van der Waals surface area contributed by atoms with E-state index >= 15 is 0 Å². The summed E-state index contributed by atoms with van der Waals surface area (Å²) in [7, 11) is 0. The van der Waals surface area contributed by atoms with Crippen molar-refractivity contribution in [1.82, 2.24) is 9.80 Å². The summed E-state index contributed by atoms with van der Waals surface area (Å²) in [6, 6.07) is 0. The Kier molecular flexibility index (Phi) is 18.9. The molecular formula is C18H40N2O4. The Balaban J connectivity index is 3.38.